The Kier molecular flexibility index (Phi) is 12.5. The first-order chi connectivity index (χ1) is 15.8. The van der Waals surface area contributed by atoms with Crippen molar-refractivity contribution < 1.29 is 23.9 Å². The van der Waals surface area contributed by atoms with Gasteiger partial charge in [0.15, 0.2) is 0 Å². The van der Waals surface area contributed by atoms with Gasteiger partial charge >= 0.3 is 12.1 Å². The van der Waals surface area contributed by atoms with Crippen LogP contribution in [0.4, 0.5) is 10.5 Å². The summed E-state index contributed by atoms with van der Waals surface area (Å²) in [6.45, 7) is 14.7. The minimum Gasteiger partial charge on any atom is -0.465 e. The summed E-state index contributed by atoms with van der Waals surface area (Å²) in [7, 11) is 0. The predicted molar refractivity (Wildman–Crippen MR) is 138 cm³/mol. The molecule has 0 fully saturated rings. The first-order valence-electron chi connectivity index (χ1n) is 11.6. The number of nitrogens with zero attached hydrogens (tertiary/aromatic N) is 1. The highest BCUT2D eigenvalue weighted by Gasteiger charge is 2.33. The lowest BCUT2D eigenvalue weighted by Gasteiger charge is -2.32. The van der Waals surface area contributed by atoms with E-state index in [1.807, 2.05) is 45.9 Å². The molecule has 1 aromatic rings. The van der Waals surface area contributed by atoms with Gasteiger partial charge in [-0.15, -0.1) is 23.2 Å². The topological polar surface area (TPSA) is 77.1 Å². The molecule has 7 nitrogen and oxygen atoms in total. The van der Waals surface area contributed by atoms with E-state index in [9.17, 15) is 9.59 Å². The molecule has 0 heterocycles. The van der Waals surface area contributed by atoms with Crippen molar-refractivity contribution in [3.8, 4) is 0 Å². The van der Waals surface area contributed by atoms with Gasteiger partial charge in [0, 0.05) is 23.7 Å². The molecular weight excluding hydrogens is 479 g/mol. The molecule has 194 valence electrons. The normalized spacial score (nSPS) is 13.4. The number of benzene rings is 1. The molecule has 9 heteroatoms. The molecule has 0 aliphatic rings. The van der Waals surface area contributed by atoms with E-state index in [1.54, 1.807) is 25.8 Å². The third-order valence-corrected chi connectivity index (χ3v) is 5.22. The van der Waals surface area contributed by atoms with Gasteiger partial charge in [0.2, 0.25) is 0 Å². The number of halogens is 2. The number of hydrogen-bond acceptors (Lipinski definition) is 6. The largest absolute Gasteiger partial charge is 0.465 e. The van der Waals surface area contributed by atoms with Gasteiger partial charge < -0.3 is 14.8 Å². The Balaban J connectivity index is 3.20. The van der Waals surface area contributed by atoms with Crippen LogP contribution in [0.3, 0.4) is 0 Å². The zero-order chi connectivity index (χ0) is 25.9. The molecule has 1 N–H and O–H groups in total. The second-order valence-electron chi connectivity index (χ2n) is 9.98. The van der Waals surface area contributed by atoms with E-state index in [-0.39, 0.29) is 24.9 Å². The zero-order valence-corrected chi connectivity index (χ0v) is 23.0. The lowest BCUT2D eigenvalue weighted by atomic mass is 9.77. The number of amides is 1. The maximum Gasteiger partial charge on any atom is 0.407 e. The van der Waals surface area contributed by atoms with Crippen LogP contribution >= 0.6 is 23.2 Å². The van der Waals surface area contributed by atoms with Crippen molar-refractivity contribution in [2.45, 2.75) is 65.9 Å². The second kappa shape index (κ2) is 14.0. The van der Waals surface area contributed by atoms with Gasteiger partial charge in [0.25, 0.3) is 0 Å². The number of alkyl carbamates (subject to hydrolysis) is 1. The van der Waals surface area contributed by atoms with Gasteiger partial charge in [-0.05, 0) is 56.9 Å². The third-order valence-electron chi connectivity index (χ3n) is 4.89. The van der Waals surface area contributed by atoms with Crippen LogP contribution in [0, 0.1) is 12.8 Å². The summed E-state index contributed by atoms with van der Waals surface area (Å²) >= 11 is 11.7. The summed E-state index contributed by atoms with van der Waals surface area (Å²) in [4.78, 5) is 30.7. The molecule has 0 spiro atoms. The molecule has 0 aromatic heterocycles. The Bertz CT molecular complexity index is 798. The van der Waals surface area contributed by atoms with E-state index in [0.29, 0.717) is 31.5 Å². The highest BCUT2D eigenvalue weighted by Crippen LogP contribution is 2.33. The lowest BCUT2D eigenvalue weighted by molar-refractivity contribution is -0.146. The van der Waals surface area contributed by atoms with E-state index < -0.39 is 17.1 Å². The van der Waals surface area contributed by atoms with E-state index in [1.165, 1.54) is 0 Å². The Labute approximate surface area is 214 Å². The maximum atomic E-state index is 12.7. The van der Waals surface area contributed by atoms with Crippen molar-refractivity contribution >= 4 is 41.0 Å². The number of anilines is 1. The van der Waals surface area contributed by atoms with Crippen LogP contribution in [0.25, 0.3) is 0 Å². The van der Waals surface area contributed by atoms with Crippen LogP contribution in [0.2, 0.25) is 0 Å². The summed E-state index contributed by atoms with van der Waals surface area (Å²) < 4.78 is 10.8. The van der Waals surface area contributed by atoms with E-state index in [4.69, 9.17) is 37.5 Å². The van der Waals surface area contributed by atoms with Crippen LogP contribution in [0.5, 0.6) is 0 Å². The maximum absolute atomic E-state index is 12.7. The molecule has 0 radical (unpaired) electrons. The Morgan fingerprint density at radius 2 is 1.79 bits per heavy atom. The summed E-state index contributed by atoms with van der Waals surface area (Å²) in [5.74, 6) is 0.669. The van der Waals surface area contributed by atoms with Crippen molar-refractivity contribution in [3.05, 3.63) is 29.3 Å². The van der Waals surface area contributed by atoms with E-state index in [0.717, 1.165) is 16.8 Å². The number of carbonyl (C=O) groups excluding carboxylic acids is 2. The zero-order valence-electron chi connectivity index (χ0n) is 21.5. The lowest BCUT2D eigenvalue weighted by Crippen LogP contribution is -2.43. The highest BCUT2D eigenvalue weighted by atomic mass is 35.5. The number of hydroxylamine groups is 1. The molecule has 0 saturated carbocycles. The van der Waals surface area contributed by atoms with Crippen LogP contribution in [-0.4, -0.2) is 55.7 Å². The fourth-order valence-corrected chi connectivity index (χ4v) is 3.66. The quantitative estimate of drug-likeness (QED) is 0.208. The molecule has 0 saturated heterocycles. The van der Waals surface area contributed by atoms with Gasteiger partial charge in [0.05, 0.1) is 31.9 Å². The van der Waals surface area contributed by atoms with Gasteiger partial charge in [-0.25, -0.2) is 4.79 Å². The number of esters is 1. The minimum absolute atomic E-state index is 0.101. The fourth-order valence-electron chi connectivity index (χ4n) is 3.43. The molecule has 1 unspecified atom stereocenters. The molecule has 0 aliphatic carbocycles. The number of carbonyl (C=O) groups is 2. The molecule has 1 amide bonds. The van der Waals surface area contributed by atoms with Crippen molar-refractivity contribution in [3.63, 3.8) is 0 Å². The van der Waals surface area contributed by atoms with Crippen LogP contribution < -0.4 is 10.4 Å². The molecule has 34 heavy (non-hydrogen) atoms. The van der Waals surface area contributed by atoms with Crippen LogP contribution in [0.1, 0.15) is 59.1 Å². The first kappa shape index (κ1) is 30.3. The average molecular weight is 520 g/mol. The third kappa shape index (κ3) is 10.7. The number of rotatable bonds is 13. The standard InChI is InChI=1S/C25H40Cl2N2O5/c1-18(2)16-32-22(30)15-25(7,17-28-23(31)34-24(4,5)6)21-9-8-20(14-19(21)3)29(12-10-26)33-13-11-27/h8-9,14,18H,10-13,15-17H2,1-7H3,(H,28,31). The summed E-state index contributed by atoms with van der Waals surface area (Å²) in [5.41, 5.74) is 1.34. The van der Waals surface area contributed by atoms with Gasteiger partial charge in [-0.2, -0.15) is 0 Å². The second-order valence-corrected chi connectivity index (χ2v) is 10.7. The number of aryl methyl sites for hydroxylation is 1. The monoisotopic (exact) mass is 518 g/mol. The fraction of sp³-hybridized carbons (Fsp3) is 0.680. The molecular formula is C25H40Cl2N2O5. The minimum atomic E-state index is -0.720. The van der Waals surface area contributed by atoms with Crippen LogP contribution in [-0.2, 0) is 24.5 Å². The number of nitrogens with one attached hydrogen (secondary N) is 1. The molecule has 0 bridgehead atoms. The van der Waals surface area contributed by atoms with Crippen molar-refractivity contribution in [1.82, 2.24) is 5.32 Å². The SMILES string of the molecule is Cc1cc(N(CCCl)OCCCl)ccc1C(C)(CNC(=O)OC(C)(C)C)CC(=O)OCC(C)C. The van der Waals surface area contributed by atoms with Gasteiger partial charge in [0.1, 0.15) is 5.60 Å². The predicted octanol–water partition coefficient (Wildman–Crippen LogP) is 5.58. The molecule has 0 aliphatic heterocycles. The van der Waals surface area contributed by atoms with Crippen molar-refractivity contribution in [2.75, 3.05) is 43.1 Å². The van der Waals surface area contributed by atoms with E-state index >= 15 is 0 Å². The Hall–Kier alpha value is -1.70. The van der Waals surface area contributed by atoms with Crippen LogP contribution in [0.15, 0.2) is 18.2 Å². The number of alkyl halides is 2. The van der Waals surface area contributed by atoms with Crippen molar-refractivity contribution in [1.29, 1.82) is 0 Å². The van der Waals surface area contributed by atoms with Gasteiger partial charge in [-0.1, -0.05) is 26.8 Å². The number of ether oxygens (including phenoxy) is 2. The van der Waals surface area contributed by atoms with Gasteiger partial charge in [-0.3, -0.25) is 14.7 Å². The average Bonchev–Trinajstić information content (AvgIpc) is 2.72. The first-order valence-corrected chi connectivity index (χ1v) is 12.6. The summed E-state index contributed by atoms with van der Waals surface area (Å²) in [6.07, 6.45) is -0.435. The number of hydrogen-bond donors (Lipinski definition) is 1. The molecule has 1 atom stereocenters. The summed E-state index contributed by atoms with van der Waals surface area (Å²) in [6, 6.07) is 5.83. The highest BCUT2D eigenvalue weighted by molar-refractivity contribution is 6.18. The molecule has 1 rings (SSSR count). The Morgan fingerprint density at radius 3 is 2.32 bits per heavy atom. The molecule has 1 aromatic carbocycles. The summed E-state index contributed by atoms with van der Waals surface area (Å²) in [5, 5.41) is 4.53. The van der Waals surface area contributed by atoms with Crippen molar-refractivity contribution in [2.24, 2.45) is 5.92 Å². The van der Waals surface area contributed by atoms with E-state index in [2.05, 4.69) is 5.32 Å². The smallest absolute Gasteiger partial charge is 0.407 e. The Morgan fingerprint density at radius 1 is 1.12 bits per heavy atom.